The summed E-state index contributed by atoms with van der Waals surface area (Å²) in [5.74, 6) is -0.611. The lowest BCUT2D eigenvalue weighted by Crippen LogP contribution is -2.42. The van der Waals surface area contributed by atoms with Crippen molar-refractivity contribution in [2.45, 2.75) is 25.8 Å². The van der Waals surface area contributed by atoms with E-state index in [1.807, 2.05) is 0 Å². The lowest BCUT2D eigenvalue weighted by Gasteiger charge is -2.20. The SMILES string of the molecule is Cc1[nH]c(=O)[nH]c(=O)c1CCC(=O)N1CSCC1C(=O)O. The molecule has 21 heavy (non-hydrogen) atoms. The molecule has 1 amide bonds. The molecule has 1 fully saturated rings. The van der Waals surface area contributed by atoms with Gasteiger partial charge in [0.2, 0.25) is 5.91 Å². The zero-order valence-corrected chi connectivity index (χ0v) is 12.2. The largest absolute Gasteiger partial charge is 0.480 e. The average Bonchev–Trinajstić information content (AvgIpc) is 2.86. The second-order valence-electron chi connectivity index (χ2n) is 4.73. The van der Waals surface area contributed by atoms with Crippen LogP contribution in [0.3, 0.4) is 0 Å². The molecular weight excluding hydrogens is 298 g/mol. The molecule has 0 radical (unpaired) electrons. The van der Waals surface area contributed by atoms with Gasteiger partial charge in [-0.2, -0.15) is 0 Å². The number of nitrogens with zero attached hydrogens (tertiary/aromatic N) is 1. The number of carboxylic acids is 1. The van der Waals surface area contributed by atoms with Crippen LogP contribution in [0.25, 0.3) is 0 Å². The zero-order chi connectivity index (χ0) is 15.6. The van der Waals surface area contributed by atoms with Gasteiger partial charge >= 0.3 is 11.7 Å². The van der Waals surface area contributed by atoms with Crippen molar-refractivity contribution in [1.29, 1.82) is 0 Å². The molecule has 1 aliphatic rings. The Hall–Kier alpha value is -2.03. The Morgan fingerprint density at radius 3 is 2.71 bits per heavy atom. The van der Waals surface area contributed by atoms with Crippen LogP contribution in [0.2, 0.25) is 0 Å². The number of hydrogen-bond donors (Lipinski definition) is 3. The number of H-pyrrole nitrogens is 2. The minimum atomic E-state index is -1.02. The average molecular weight is 313 g/mol. The van der Waals surface area contributed by atoms with E-state index < -0.39 is 23.3 Å². The van der Waals surface area contributed by atoms with Gasteiger partial charge in [0.1, 0.15) is 6.04 Å². The summed E-state index contributed by atoms with van der Waals surface area (Å²) in [6.07, 6.45) is 0.185. The van der Waals surface area contributed by atoms with Crippen molar-refractivity contribution < 1.29 is 14.7 Å². The van der Waals surface area contributed by atoms with E-state index in [0.717, 1.165) is 0 Å². The molecule has 3 N–H and O–H groups in total. The third kappa shape index (κ3) is 3.35. The maximum atomic E-state index is 12.1. The normalized spacial score (nSPS) is 18.0. The summed E-state index contributed by atoms with van der Waals surface area (Å²) in [5.41, 5.74) is -0.354. The van der Waals surface area contributed by atoms with Crippen LogP contribution in [-0.2, 0) is 16.0 Å². The molecule has 0 aromatic carbocycles. The van der Waals surface area contributed by atoms with Crippen molar-refractivity contribution in [2.75, 3.05) is 11.6 Å². The third-order valence-corrected chi connectivity index (χ3v) is 4.34. The highest BCUT2D eigenvalue weighted by molar-refractivity contribution is 7.99. The number of carbonyl (C=O) groups is 2. The first-order valence-corrected chi connectivity index (χ1v) is 7.47. The van der Waals surface area contributed by atoms with Gasteiger partial charge in [0, 0.05) is 23.4 Å². The molecule has 0 spiro atoms. The number of aromatic amines is 2. The molecule has 2 rings (SSSR count). The van der Waals surface area contributed by atoms with E-state index in [1.54, 1.807) is 6.92 Å². The molecule has 1 aromatic heterocycles. The number of aryl methyl sites for hydroxylation is 1. The van der Waals surface area contributed by atoms with Gasteiger partial charge in [0.25, 0.3) is 5.56 Å². The summed E-state index contributed by atoms with van der Waals surface area (Å²) in [4.78, 5) is 51.7. The predicted octanol–water partition coefficient (Wildman–Crippen LogP) is -0.710. The Morgan fingerprint density at radius 1 is 1.38 bits per heavy atom. The number of hydrogen-bond acceptors (Lipinski definition) is 5. The van der Waals surface area contributed by atoms with Crippen LogP contribution in [0.1, 0.15) is 17.7 Å². The maximum Gasteiger partial charge on any atom is 0.327 e. The summed E-state index contributed by atoms with van der Waals surface area (Å²) in [7, 11) is 0. The van der Waals surface area contributed by atoms with Gasteiger partial charge in [0.15, 0.2) is 0 Å². The van der Waals surface area contributed by atoms with Gasteiger partial charge in [-0.15, -0.1) is 11.8 Å². The van der Waals surface area contributed by atoms with Crippen molar-refractivity contribution in [2.24, 2.45) is 0 Å². The summed E-state index contributed by atoms with van der Waals surface area (Å²) in [6.45, 7) is 1.59. The highest BCUT2D eigenvalue weighted by Crippen LogP contribution is 2.22. The van der Waals surface area contributed by atoms with Crippen LogP contribution in [0, 0.1) is 6.92 Å². The first-order valence-electron chi connectivity index (χ1n) is 6.32. The molecule has 9 heteroatoms. The summed E-state index contributed by atoms with van der Waals surface area (Å²) in [6, 6.07) is -0.808. The Labute approximate surface area is 123 Å². The Morgan fingerprint density at radius 2 is 2.10 bits per heavy atom. The van der Waals surface area contributed by atoms with Gasteiger partial charge in [-0.3, -0.25) is 14.6 Å². The van der Waals surface area contributed by atoms with Gasteiger partial charge in [-0.05, 0) is 13.3 Å². The number of thioether (sulfide) groups is 1. The molecule has 1 saturated heterocycles. The smallest absolute Gasteiger partial charge is 0.327 e. The number of nitrogens with one attached hydrogen (secondary N) is 2. The van der Waals surface area contributed by atoms with Crippen molar-refractivity contribution >= 4 is 23.6 Å². The molecule has 0 aliphatic carbocycles. The zero-order valence-electron chi connectivity index (χ0n) is 11.3. The van der Waals surface area contributed by atoms with Crippen molar-refractivity contribution in [3.63, 3.8) is 0 Å². The number of aliphatic carboxylic acids is 1. The van der Waals surface area contributed by atoms with Crippen LogP contribution >= 0.6 is 11.8 Å². The molecule has 0 bridgehead atoms. The van der Waals surface area contributed by atoms with E-state index in [-0.39, 0.29) is 18.7 Å². The monoisotopic (exact) mass is 313 g/mol. The van der Waals surface area contributed by atoms with E-state index in [0.29, 0.717) is 22.9 Å². The fourth-order valence-corrected chi connectivity index (χ4v) is 3.37. The molecule has 114 valence electrons. The summed E-state index contributed by atoms with van der Waals surface area (Å²) < 4.78 is 0. The maximum absolute atomic E-state index is 12.1. The molecule has 1 atom stereocenters. The number of aromatic nitrogens is 2. The summed E-state index contributed by atoms with van der Waals surface area (Å²) in [5, 5.41) is 9.03. The fourth-order valence-electron chi connectivity index (χ4n) is 2.20. The van der Waals surface area contributed by atoms with Crippen LogP contribution in [0.5, 0.6) is 0 Å². The van der Waals surface area contributed by atoms with E-state index in [4.69, 9.17) is 5.11 Å². The van der Waals surface area contributed by atoms with Gasteiger partial charge < -0.3 is 15.0 Å². The van der Waals surface area contributed by atoms with Gasteiger partial charge in [0.05, 0.1) is 5.88 Å². The number of carboxylic acid groups (broad SMARTS) is 1. The molecule has 2 heterocycles. The number of amides is 1. The van der Waals surface area contributed by atoms with Crippen molar-refractivity contribution in [1.82, 2.24) is 14.9 Å². The highest BCUT2D eigenvalue weighted by Gasteiger charge is 2.34. The van der Waals surface area contributed by atoms with Crippen LogP contribution in [-0.4, -0.2) is 49.5 Å². The Bertz CT molecular complexity index is 680. The minimum absolute atomic E-state index is 0.0281. The van der Waals surface area contributed by atoms with Crippen molar-refractivity contribution in [3.05, 3.63) is 32.1 Å². The molecule has 1 unspecified atom stereocenters. The van der Waals surface area contributed by atoms with E-state index in [2.05, 4.69) is 9.97 Å². The van der Waals surface area contributed by atoms with Crippen molar-refractivity contribution in [3.8, 4) is 0 Å². The standard InChI is InChI=1S/C12H15N3O5S/c1-6-7(10(17)14-12(20)13-6)2-3-9(16)15-5-21-4-8(15)11(18)19/h8H,2-5H2,1H3,(H,18,19)(H2,13,14,17,20). The third-order valence-electron chi connectivity index (χ3n) is 3.33. The van der Waals surface area contributed by atoms with Gasteiger partial charge in [-0.1, -0.05) is 0 Å². The molecular formula is C12H15N3O5S. The fraction of sp³-hybridized carbons (Fsp3) is 0.500. The highest BCUT2D eigenvalue weighted by atomic mass is 32.2. The van der Waals surface area contributed by atoms with E-state index in [9.17, 15) is 19.2 Å². The van der Waals surface area contributed by atoms with Crippen LogP contribution < -0.4 is 11.2 Å². The minimum Gasteiger partial charge on any atom is -0.480 e. The second-order valence-corrected chi connectivity index (χ2v) is 5.73. The summed E-state index contributed by atoms with van der Waals surface area (Å²) >= 11 is 1.39. The first kappa shape index (κ1) is 15.4. The van der Waals surface area contributed by atoms with Crippen LogP contribution in [0.15, 0.2) is 9.59 Å². The molecule has 1 aliphatic heterocycles. The number of rotatable bonds is 4. The molecule has 8 nitrogen and oxygen atoms in total. The topological polar surface area (TPSA) is 123 Å². The quantitative estimate of drug-likeness (QED) is 0.675. The number of carbonyl (C=O) groups excluding carboxylic acids is 1. The van der Waals surface area contributed by atoms with Gasteiger partial charge in [-0.25, -0.2) is 9.59 Å². The molecule has 1 aromatic rings. The molecule has 0 saturated carbocycles. The first-order chi connectivity index (χ1) is 9.90. The van der Waals surface area contributed by atoms with E-state index in [1.165, 1.54) is 16.7 Å². The second kappa shape index (κ2) is 6.17. The van der Waals surface area contributed by atoms with E-state index >= 15 is 0 Å². The Kier molecular flexibility index (Phi) is 4.51. The lowest BCUT2D eigenvalue weighted by atomic mass is 10.1. The predicted molar refractivity (Wildman–Crippen MR) is 76.3 cm³/mol. The van der Waals surface area contributed by atoms with Crippen LogP contribution in [0.4, 0.5) is 0 Å². The lowest BCUT2D eigenvalue weighted by molar-refractivity contribution is -0.147. The Balaban J connectivity index is 2.07.